The van der Waals surface area contributed by atoms with Crippen LogP contribution in [0, 0.1) is 6.92 Å². The Balaban J connectivity index is 0.000000331. The lowest BCUT2D eigenvalue weighted by molar-refractivity contribution is -0.245. The number of aliphatic hydroxyl groups is 1. The normalized spacial score (nSPS) is 13.2. The van der Waals surface area contributed by atoms with Crippen molar-refractivity contribution in [1.82, 2.24) is 4.98 Å². The minimum Gasteiger partial charge on any atom is -0.493 e. The van der Waals surface area contributed by atoms with E-state index in [1.807, 2.05) is 43.5 Å². The monoisotopic (exact) mass is 497 g/mol. The van der Waals surface area contributed by atoms with Crippen LogP contribution in [0.1, 0.15) is 30.5 Å². The van der Waals surface area contributed by atoms with Crippen LogP contribution in [-0.2, 0) is 17.6 Å². The van der Waals surface area contributed by atoms with Crippen molar-refractivity contribution in [2.45, 2.75) is 45.4 Å². The summed E-state index contributed by atoms with van der Waals surface area (Å²) in [6.07, 6.45) is -1.84. The van der Waals surface area contributed by atoms with E-state index in [-0.39, 0.29) is 6.42 Å². The molecule has 0 saturated carbocycles. The maximum Gasteiger partial charge on any atom is 0.416 e. The number of halogens is 3. The van der Waals surface area contributed by atoms with Crippen LogP contribution in [0.15, 0.2) is 54.7 Å². The van der Waals surface area contributed by atoms with Crippen LogP contribution in [0.2, 0.25) is 0 Å². The van der Waals surface area contributed by atoms with Gasteiger partial charge in [0.25, 0.3) is 0 Å². The van der Waals surface area contributed by atoms with Crippen LogP contribution < -0.4 is 4.74 Å². The van der Waals surface area contributed by atoms with Crippen molar-refractivity contribution < 1.29 is 32.9 Å². The van der Waals surface area contributed by atoms with E-state index in [1.165, 1.54) is 5.56 Å². The number of pyridine rings is 1. The number of hydrogen-bond acceptors (Lipinski definition) is 4. The van der Waals surface area contributed by atoms with Gasteiger partial charge in [-0.3, -0.25) is 9.78 Å². The lowest BCUT2D eigenvalue weighted by atomic mass is 9.87. The van der Waals surface area contributed by atoms with Crippen LogP contribution in [0.25, 0.3) is 32.8 Å². The standard InChI is InChI=1S/C24H19NO3.C4H7F3O/c1-14-12-16-4-2-3-5-17(16)23(19(14)13-21(26)27)18-6-7-20-22-15(9-11-28-20)8-10-25-24(18)22;1-3(2,8)4(5,6)7/h2-8,10,12H,9,11,13H2,1H3,(H,26,27);8H,1-2H3. The number of nitrogens with zero attached hydrogens (tertiary/aromatic N) is 1. The third-order valence-corrected chi connectivity index (χ3v) is 6.24. The molecule has 0 fully saturated rings. The lowest BCUT2D eigenvalue weighted by Crippen LogP contribution is -2.38. The summed E-state index contributed by atoms with van der Waals surface area (Å²) in [5.74, 6) is 0.0171. The second kappa shape index (κ2) is 9.43. The molecule has 3 aromatic carbocycles. The Morgan fingerprint density at radius 2 is 1.81 bits per heavy atom. The molecule has 0 amide bonds. The molecule has 4 aromatic rings. The number of hydrogen-bond donors (Lipinski definition) is 2. The van der Waals surface area contributed by atoms with Gasteiger partial charge in [-0.1, -0.05) is 30.3 Å². The molecule has 1 aromatic heterocycles. The summed E-state index contributed by atoms with van der Waals surface area (Å²) >= 11 is 0. The molecule has 5 rings (SSSR count). The molecule has 2 heterocycles. The molecule has 5 nitrogen and oxygen atoms in total. The summed E-state index contributed by atoms with van der Waals surface area (Å²) in [6, 6.07) is 16.2. The summed E-state index contributed by atoms with van der Waals surface area (Å²) in [6.45, 7) is 4.05. The second-order valence-electron chi connectivity index (χ2n) is 9.30. The van der Waals surface area contributed by atoms with Gasteiger partial charge in [0.2, 0.25) is 0 Å². The fraction of sp³-hybridized carbons (Fsp3) is 0.286. The highest BCUT2D eigenvalue weighted by atomic mass is 19.4. The molecule has 0 radical (unpaired) electrons. The fourth-order valence-corrected chi connectivity index (χ4v) is 4.32. The van der Waals surface area contributed by atoms with E-state index in [0.29, 0.717) is 20.5 Å². The molecule has 0 atom stereocenters. The summed E-state index contributed by atoms with van der Waals surface area (Å²) in [5.41, 5.74) is 3.27. The first kappa shape index (κ1) is 25.4. The average Bonchev–Trinajstić information content (AvgIpc) is 2.80. The summed E-state index contributed by atoms with van der Waals surface area (Å²) in [5, 5.41) is 21.0. The van der Waals surface area contributed by atoms with Gasteiger partial charge in [-0.25, -0.2) is 0 Å². The van der Waals surface area contributed by atoms with E-state index in [9.17, 15) is 23.1 Å². The van der Waals surface area contributed by atoms with E-state index in [2.05, 4.69) is 18.2 Å². The number of aliphatic carboxylic acids is 1. The SMILES string of the molecule is CC(C)(O)C(F)(F)F.Cc1cc2ccccc2c(-c2ccc3c4c(ccnc24)CCO3)c1CC(=O)O. The van der Waals surface area contributed by atoms with Crippen molar-refractivity contribution in [3.63, 3.8) is 0 Å². The number of aromatic nitrogens is 1. The molecule has 8 heteroatoms. The first-order chi connectivity index (χ1) is 16.9. The molecule has 0 aliphatic carbocycles. The Hall–Kier alpha value is -3.65. The van der Waals surface area contributed by atoms with Gasteiger partial charge in [0.05, 0.1) is 18.5 Å². The molecule has 0 spiro atoms. The van der Waals surface area contributed by atoms with Gasteiger partial charge >= 0.3 is 12.1 Å². The zero-order valence-corrected chi connectivity index (χ0v) is 20.1. The summed E-state index contributed by atoms with van der Waals surface area (Å²) in [4.78, 5) is 16.3. The fourth-order valence-electron chi connectivity index (χ4n) is 4.32. The van der Waals surface area contributed by atoms with Crippen molar-refractivity contribution in [2.75, 3.05) is 6.61 Å². The van der Waals surface area contributed by atoms with Crippen molar-refractivity contribution in [1.29, 1.82) is 0 Å². The largest absolute Gasteiger partial charge is 0.493 e. The molecule has 36 heavy (non-hydrogen) atoms. The zero-order valence-electron chi connectivity index (χ0n) is 20.1. The van der Waals surface area contributed by atoms with Gasteiger partial charge in [-0.15, -0.1) is 0 Å². The lowest BCUT2D eigenvalue weighted by Gasteiger charge is -2.21. The maximum atomic E-state index is 11.6. The molecule has 1 aliphatic rings. The highest BCUT2D eigenvalue weighted by Gasteiger charge is 2.45. The van der Waals surface area contributed by atoms with Gasteiger partial charge in [-0.2, -0.15) is 13.2 Å². The Morgan fingerprint density at radius 1 is 1.11 bits per heavy atom. The van der Waals surface area contributed by atoms with Crippen molar-refractivity contribution in [3.8, 4) is 16.9 Å². The van der Waals surface area contributed by atoms with Crippen LogP contribution in [0.4, 0.5) is 13.2 Å². The van der Waals surface area contributed by atoms with Gasteiger partial charge in [0.15, 0.2) is 5.60 Å². The average molecular weight is 498 g/mol. The first-order valence-corrected chi connectivity index (χ1v) is 11.4. The Bertz CT molecular complexity index is 1430. The molecule has 0 saturated heterocycles. The second-order valence-corrected chi connectivity index (χ2v) is 9.30. The molecule has 188 valence electrons. The van der Waals surface area contributed by atoms with E-state index < -0.39 is 17.7 Å². The molecule has 0 bridgehead atoms. The molecule has 0 unspecified atom stereocenters. The number of aryl methyl sites for hydroxylation is 1. The third-order valence-electron chi connectivity index (χ3n) is 6.24. The highest BCUT2D eigenvalue weighted by molar-refractivity contribution is 6.08. The number of rotatable bonds is 3. The van der Waals surface area contributed by atoms with Crippen molar-refractivity contribution >= 4 is 27.6 Å². The number of carbonyl (C=O) groups is 1. The molecule has 1 aliphatic heterocycles. The number of fused-ring (bicyclic) bond motifs is 1. The minimum absolute atomic E-state index is 0.0224. The topological polar surface area (TPSA) is 79.7 Å². The van der Waals surface area contributed by atoms with E-state index in [1.54, 1.807) is 0 Å². The van der Waals surface area contributed by atoms with E-state index in [4.69, 9.17) is 14.8 Å². The molecular formula is C28H26F3NO4. The maximum absolute atomic E-state index is 11.6. The number of carboxylic acid groups (broad SMARTS) is 1. The van der Waals surface area contributed by atoms with Crippen LogP contribution in [0.3, 0.4) is 0 Å². The predicted octanol–water partition coefficient (Wildman–Crippen LogP) is 6.25. The van der Waals surface area contributed by atoms with Gasteiger partial charge in [0, 0.05) is 23.6 Å². The Labute approximate surface area is 206 Å². The smallest absolute Gasteiger partial charge is 0.416 e. The van der Waals surface area contributed by atoms with E-state index in [0.717, 1.165) is 56.1 Å². The number of alkyl halides is 3. The van der Waals surface area contributed by atoms with Crippen molar-refractivity contribution in [2.24, 2.45) is 0 Å². The minimum atomic E-state index is -4.51. The predicted molar refractivity (Wildman–Crippen MR) is 132 cm³/mol. The molecular weight excluding hydrogens is 471 g/mol. The molecule has 2 N–H and O–H groups in total. The van der Waals surface area contributed by atoms with Gasteiger partial charge in [0.1, 0.15) is 5.75 Å². The van der Waals surface area contributed by atoms with E-state index >= 15 is 0 Å². The summed E-state index contributed by atoms with van der Waals surface area (Å²) in [7, 11) is 0. The zero-order chi connectivity index (χ0) is 26.3. The van der Waals surface area contributed by atoms with Crippen molar-refractivity contribution in [3.05, 3.63) is 71.4 Å². The third kappa shape index (κ3) is 4.86. The van der Waals surface area contributed by atoms with Gasteiger partial charge in [-0.05, 0) is 72.0 Å². The van der Waals surface area contributed by atoms with Gasteiger partial charge < -0.3 is 14.9 Å². The Morgan fingerprint density at radius 3 is 2.47 bits per heavy atom. The number of ether oxygens (including phenoxy) is 1. The van der Waals surface area contributed by atoms with Crippen LogP contribution in [0.5, 0.6) is 5.75 Å². The number of benzene rings is 3. The highest BCUT2D eigenvalue weighted by Crippen LogP contribution is 2.42. The Kier molecular flexibility index (Phi) is 6.66. The number of carboxylic acids is 1. The summed E-state index contributed by atoms with van der Waals surface area (Å²) < 4.78 is 39.8. The van der Waals surface area contributed by atoms with Crippen LogP contribution in [-0.4, -0.2) is 39.6 Å². The van der Waals surface area contributed by atoms with Crippen LogP contribution >= 0.6 is 0 Å². The first-order valence-electron chi connectivity index (χ1n) is 11.4. The quantitative estimate of drug-likeness (QED) is 0.350.